The van der Waals surface area contributed by atoms with Crippen molar-refractivity contribution in [1.82, 2.24) is 4.98 Å². The minimum atomic E-state index is -0.0754. The maximum atomic E-state index is 10.8. The second-order valence-electron chi connectivity index (χ2n) is 14.1. The molecule has 0 unspecified atom stereocenters. The fourth-order valence-corrected chi connectivity index (χ4v) is 6.91. The summed E-state index contributed by atoms with van der Waals surface area (Å²) in [6, 6.07) is 20.4. The van der Waals surface area contributed by atoms with Crippen LogP contribution in [0.1, 0.15) is 80.8 Å². The van der Waals surface area contributed by atoms with Gasteiger partial charge in [0.15, 0.2) is 0 Å². The number of benzene rings is 3. The van der Waals surface area contributed by atoms with Crippen LogP contribution in [0.15, 0.2) is 53.5 Å². The van der Waals surface area contributed by atoms with Gasteiger partial charge in [-0.2, -0.15) is 0 Å². The predicted molar refractivity (Wildman–Crippen MR) is 172 cm³/mol. The van der Waals surface area contributed by atoms with Crippen molar-refractivity contribution in [3.8, 4) is 17.4 Å². The van der Waals surface area contributed by atoms with E-state index in [1.807, 2.05) is 18.2 Å². The molecule has 6 heteroatoms. The largest absolute Gasteiger partial charge is 0.506 e. The maximum absolute atomic E-state index is 10.8. The third-order valence-electron chi connectivity index (χ3n) is 9.00. The Kier molecular flexibility index (Phi) is 8.05. The van der Waals surface area contributed by atoms with E-state index < -0.39 is 0 Å². The molecular formula is C37H42N3O2Pt-. The average molecular weight is 756 g/mol. The van der Waals surface area contributed by atoms with Crippen LogP contribution >= 0.6 is 0 Å². The molecule has 228 valence electrons. The number of phenolic OH excluding ortho intramolecular Hbond substituents is 1. The van der Waals surface area contributed by atoms with Crippen LogP contribution in [0.25, 0.3) is 10.9 Å². The quantitative estimate of drug-likeness (QED) is 0.212. The van der Waals surface area contributed by atoms with Crippen LogP contribution in [0.2, 0.25) is 0 Å². The Bertz CT molecular complexity index is 1730. The number of amidine groups is 1. The molecule has 4 aromatic rings. The summed E-state index contributed by atoms with van der Waals surface area (Å²) in [6.07, 6.45) is 2.26. The van der Waals surface area contributed by atoms with Gasteiger partial charge < -0.3 is 19.7 Å². The van der Waals surface area contributed by atoms with Crippen molar-refractivity contribution in [3.63, 3.8) is 0 Å². The third kappa shape index (κ3) is 5.73. The molecule has 1 fully saturated rings. The van der Waals surface area contributed by atoms with Gasteiger partial charge in [0.05, 0.1) is 11.9 Å². The van der Waals surface area contributed by atoms with Crippen LogP contribution in [-0.4, -0.2) is 28.0 Å². The number of aromatic hydroxyl groups is 1. The summed E-state index contributed by atoms with van der Waals surface area (Å²) in [5.41, 5.74) is 8.70. The van der Waals surface area contributed by atoms with Gasteiger partial charge in [-0.15, -0.1) is 17.2 Å². The van der Waals surface area contributed by atoms with Crippen molar-refractivity contribution < 1.29 is 30.9 Å². The van der Waals surface area contributed by atoms with E-state index in [2.05, 4.69) is 103 Å². The summed E-state index contributed by atoms with van der Waals surface area (Å²) < 4.78 is 6.31. The SMILES string of the molecule is Cc1cc(Oc2ccc3cc(C(C)(C)C)cc(O)c3n2)[c-]c(C2=N[C@@H]3[C@@H](CCC3(C)C)N2c2c(C)cc(C)cc2C)c1.[Pt]. The first-order chi connectivity index (χ1) is 19.7. The number of hydrogen-bond acceptors (Lipinski definition) is 5. The van der Waals surface area contributed by atoms with Crippen LogP contribution in [0.3, 0.4) is 0 Å². The molecule has 2 aliphatic rings. The predicted octanol–water partition coefficient (Wildman–Crippen LogP) is 8.89. The minimum Gasteiger partial charge on any atom is -0.506 e. The van der Waals surface area contributed by atoms with Crippen molar-refractivity contribution in [2.45, 2.75) is 92.7 Å². The molecule has 1 aliphatic heterocycles. The zero-order valence-corrected chi connectivity index (χ0v) is 29.0. The van der Waals surface area contributed by atoms with Crippen LogP contribution in [0.4, 0.5) is 5.69 Å². The second kappa shape index (κ2) is 11.1. The molecule has 1 aromatic heterocycles. The van der Waals surface area contributed by atoms with Gasteiger partial charge in [0.1, 0.15) is 11.3 Å². The molecule has 3 aromatic carbocycles. The summed E-state index contributed by atoms with van der Waals surface area (Å²) in [6.45, 7) is 19.7. The molecule has 43 heavy (non-hydrogen) atoms. The number of aromatic nitrogens is 1. The van der Waals surface area contributed by atoms with Crippen molar-refractivity contribution in [1.29, 1.82) is 0 Å². The summed E-state index contributed by atoms with van der Waals surface area (Å²) in [4.78, 5) is 12.6. The van der Waals surface area contributed by atoms with E-state index in [-0.39, 0.29) is 43.7 Å². The van der Waals surface area contributed by atoms with E-state index >= 15 is 0 Å². The first kappa shape index (κ1) is 31.3. The van der Waals surface area contributed by atoms with E-state index in [1.54, 1.807) is 6.07 Å². The molecule has 6 rings (SSSR count). The van der Waals surface area contributed by atoms with E-state index in [1.165, 1.54) is 22.4 Å². The van der Waals surface area contributed by atoms with Gasteiger partial charge in [-0.3, -0.25) is 0 Å². The van der Waals surface area contributed by atoms with Gasteiger partial charge in [-0.05, 0) is 79.3 Å². The number of fused-ring (bicyclic) bond motifs is 2. The Labute approximate surface area is 270 Å². The van der Waals surface area contributed by atoms with Crippen LogP contribution in [0, 0.1) is 39.2 Å². The molecule has 2 heterocycles. The summed E-state index contributed by atoms with van der Waals surface area (Å²) in [5.74, 6) is 2.12. The number of phenols is 1. The van der Waals surface area contributed by atoms with Gasteiger partial charge in [0, 0.05) is 50.0 Å². The number of nitrogens with zero attached hydrogens (tertiary/aromatic N) is 3. The topological polar surface area (TPSA) is 58.0 Å². The standard InChI is InChI=1S/C37H42N3O2.Pt/c1-21-14-23(3)33(24(4)15-21)40-29-12-13-37(8,9)34(29)39-35(40)26-16-22(2)17-28(19-26)42-31-11-10-25-18-27(36(5,6)7)20-30(41)32(25)38-31;/h10-11,14-18,20,29,34,41H,12-13H2,1-9H3;/q-1;/t29-,34-;/m1./s1. The molecule has 0 amide bonds. The zero-order valence-electron chi connectivity index (χ0n) is 26.7. The number of hydrogen-bond donors (Lipinski definition) is 1. The monoisotopic (exact) mass is 755 g/mol. The molecule has 0 spiro atoms. The Hall–Kier alpha value is -3.17. The van der Waals surface area contributed by atoms with Crippen molar-refractivity contribution in [2.75, 3.05) is 4.90 Å². The van der Waals surface area contributed by atoms with Gasteiger partial charge in [-0.1, -0.05) is 71.4 Å². The van der Waals surface area contributed by atoms with Gasteiger partial charge in [-0.25, -0.2) is 4.98 Å². The smallest absolute Gasteiger partial charge is 0.217 e. The molecule has 1 saturated carbocycles. The van der Waals surface area contributed by atoms with Crippen LogP contribution < -0.4 is 9.64 Å². The number of anilines is 1. The molecule has 1 aliphatic carbocycles. The Balaban J connectivity index is 0.00000368. The van der Waals surface area contributed by atoms with Gasteiger partial charge >= 0.3 is 0 Å². The number of pyridine rings is 1. The van der Waals surface area contributed by atoms with E-state index in [9.17, 15) is 5.11 Å². The second-order valence-corrected chi connectivity index (χ2v) is 14.1. The van der Waals surface area contributed by atoms with Crippen molar-refractivity contribution >= 4 is 22.4 Å². The Morgan fingerprint density at radius 1 is 0.953 bits per heavy atom. The molecular weight excluding hydrogens is 714 g/mol. The molecule has 0 saturated heterocycles. The number of rotatable bonds is 4. The van der Waals surface area contributed by atoms with Crippen molar-refractivity contribution in [3.05, 3.63) is 88.0 Å². The Morgan fingerprint density at radius 3 is 2.30 bits per heavy atom. The molecule has 5 nitrogen and oxygen atoms in total. The van der Waals surface area contributed by atoms with E-state index in [0.29, 0.717) is 23.2 Å². The normalized spacial score (nSPS) is 19.3. The summed E-state index contributed by atoms with van der Waals surface area (Å²) >= 11 is 0. The first-order valence-corrected chi connectivity index (χ1v) is 15.0. The first-order valence-electron chi connectivity index (χ1n) is 15.0. The fourth-order valence-electron chi connectivity index (χ4n) is 6.91. The van der Waals surface area contributed by atoms with Gasteiger partial charge in [0.25, 0.3) is 0 Å². The number of aliphatic imine (C=N–C) groups is 1. The summed E-state index contributed by atoms with van der Waals surface area (Å²) in [5, 5.41) is 11.7. The molecule has 0 bridgehead atoms. The van der Waals surface area contributed by atoms with Gasteiger partial charge in [0.2, 0.25) is 5.88 Å². The third-order valence-corrected chi connectivity index (χ3v) is 9.00. The molecule has 1 N–H and O–H groups in total. The van der Waals surface area contributed by atoms with Crippen LogP contribution in [0.5, 0.6) is 17.4 Å². The number of aryl methyl sites for hydroxylation is 4. The van der Waals surface area contributed by atoms with E-state index in [0.717, 1.165) is 40.8 Å². The van der Waals surface area contributed by atoms with Crippen molar-refractivity contribution in [2.24, 2.45) is 10.4 Å². The molecule has 2 atom stereocenters. The summed E-state index contributed by atoms with van der Waals surface area (Å²) in [7, 11) is 0. The maximum Gasteiger partial charge on any atom is 0.217 e. The molecule has 0 radical (unpaired) electrons. The fraction of sp³-hybridized carbons (Fsp3) is 0.405. The minimum absolute atomic E-state index is 0. The van der Waals surface area contributed by atoms with E-state index in [4.69, 9.17) is 9.73 Å². The Morgan fingerprint density at radius 2 is 1.63 bits per heavy atom. The van der Waals surface area contributed by atoms with Crippen LogP contribution in [-0.2, 0) is 26.5 Å². The number of ether oxygens (including phenoxy) is 1. The zero-order chi connectivity index (χ0) is 30.1. The average Bonchev–Trinajstić information content (AvgIpc) is 3.40.